The second kappa shape index (κ2) is 6.49. The van der Waals surface area contributed by atoms with E-state index in [2.05, 4.69) is 5.32 Å². The molecule has 1 aliphatic rings. The van der Waals surface area contributed by atoms with E-state index < -0.39 is 10.5 Å². The molecule has 2 N–H and O–H groups in total. The second-order valence-electron chi connectivity index (χ2n) is 5.28. The number of carbonyl (C=O) groups excluding carboxylic acids is 1. The minimum absolute atomic E-state index is 0.0423. The van der Waals surface area contributed by atoms with Gasteiger partial charge in [0.15, 0.2) is 0 Å². The minimum atomic E-state index is -0.538. The number of benzene rings is 1. The zero-order valence-corrected chi connectivity index (χ0v) is 11.6. The van der Waals surface area contributed by atoms with Gasteiger partial charge in [-0.15, -0.1) is 0 Å². The van der Waals surface area contributed by atoms with Crippen LogP contribution in [0.25, 0.3) is 6.08 Å². The fraction of sp³-hybridized carbons (Fsp3) is 0.400. The number of carbonyl (C=O) groups is 1. The lowest BCUT2D eigenvalue weighted by Gasteiger charge is -2.27. The van der Waals surface area contributed by atoms with Gasteiger partial charge in [-0.3, -0.25) is 14.9 Å². The number of nitro groups is 1. The number of nitro benzene ring substituents is 1. The number of hydrogen-bond donors (Lipinski definition) is 2. The van der Waals surface area contributed by atoms with E-state index in [0.717, 1.165) is 25.7 Å². The molecule has 1 aliphatic carbocycles. The summed E-state index contributed by atoms with van der Waals surface area (Å²) in [6.45, 7) is -0.0853. The Labute approximate surface area is 122 Å². The summed E-state index contributed by atoms with van der Waals surface area (Å²) in [5, 5.41) is 23.1. The molecule has 0 heterocycles. The summed E-state index contributed by atoms with van der Waals surface area (Å²) in [6.07, 6.45) is 6.18. The summed E-state index contributed by atoms with van der Waals surface area (Å²) in [7, 11) is 0. The van der Waals surface area contributed by atoms with Gasteiger partial charge < -0.3 is 10.4 Å². The molecule has 1 saturated carbocycles. The number of aliphatic hydroxyl groups is 1. The van der Waals surface area contributed by atoms with Crippen molar-refractivity contribution < 1.29 is 14.8 Å². The Hall–Kier alpha value is -2.21. The number of aliphatic hydroxyl groups excluding tert-OH is 1. The number of nitrogens with one attached hydrogen (secondary N) is 1. The Balaban J connectivity index is 2.07. The highest BCUT2D eigenvalue weighted by Gasteiger charge is 2.33. The Kier molecular flexibility index (Phi) is 4.70. The Morgan fingerprint density at radius 2 is 2.05 bits per heavy atom. The van der Waals surface area contributed by atoms with Gasteiger partial charge in [0, 0.05) is 12.1 Å². The predicted octanol–water partition coefficient (Wildman–Crippen LogP) is 2.03. The molecule has 0 atom stereocenters. The van der Waals surface area contributed by atoms with E-state index in [1.165, 1.54) is 18.2 Å². The van der Waals surface area contributed by atoms with E-state index in [1.54, 1.807) is 18.2 Å². The highest BCUT2D eigenvalue weighted by molar-refractivity contribution is 5.92. The quantitative estimate of drug-likeness (QED) is 0.493. The highest BCUT2D eigenvalue weighted by atomic mass is 16.6. The van der Waals surface area contributed by atoms with Crippen molar-refractivity contribution in [3.05, 3.63) is 46.0 Å². The predicted molar refractivity (Wildman–Crippen MR) is 78.6 cm³/mol. The molecule has 1 amide bonds. The molecule has 0 unspecified atom stereocenters. The molecule has 112 valence electrons. The highest BCUT2D eigenvalue weighted by Crippen LogP contribution is 2.29. The Morgan fingerprint density at radius 1 is 1.38 bits per heavy atom. The maximum Gasteiger partial charge on any atom is 0.276 e. The number of nitrogens with zero attached hydrogens (tertiary/aromatic N) is 1. The molecule has 21 heavy (non-hydrogen) atoms. The van der Waals surface area contributed by atoms with Crippen LogP contribution in [0, 0.1) is 10.1 Å². The van der Waals surface area contributed by atoms with E-state index in [1.807, 2.05) is 0 Å². The number of rotatable bonds is 5. The second-order valence-corrected chi connectivity index (χ2v) is 5.28. The van der Waals surface area contributed by atoms with Crippen LogP contribution in [-0.4, -0.2) is 28.1 Å². The maximum absolute atomic E-state index is 11.9. The first-order chi connectivity index (χ1) is 10.1. The van der Waals surface area contributed by atoms with Gasteiger partial charge in [0.2, 0.25) is 5.91 Å². The van der Waals surface area contributed by atoms with Crippen LogP contribution in [0.2, 0.25) is 0 Å². The number of hydrogen-bond acceptors (Lipinski definition) is 4. The largest absolute Gasteiger partial charge is 0.394 e. The van der Waals surface area contributed by atoms with E-state index in [0.29, 0.717) is 5.56 Å². The molecule has 1 aromatic carbocycles. The fourth-order valence-corrected chi connectivity index (χ4v) is 2.64. The molecular formula is C15H18N2O4. The van der Waals surface area contributed by atoms with Crippen molar-refractivity contribution in [1.29, 1.82) is 0 Å². The smallest absolute Gasteiger partial charge is 0.276 e. The van der Waals surface area contributed by atoms with Crippen molar-refractivity contribution >= 4 is 17.7 Å². The molecule has 6 heteroatoms. The van der Waals surface area contributed by atoms with E-state index in [9.17, 15) is 20.0 Å². The van der Waals surface area contributed by atoms with E-state index >= 15 is 0 Å². The zero-order valence-electron chi connectivity index (χ0n) is 11.6. The first-order valence-corrected chi connectivity index (χ1v) is 6.91. The van der Waals surface area contributed by atoms with Gasteiger partial charge >= 0.3 is 0 Å². The van der Waals surface area contributed by atoms with Gasteiger partial charge in [-0.2, -0.15) is 0 Å². The van der Waals surface area contributed by atoms with Crippen LogP contribution < -0.4 is 5.32 Å². The lowest BCUT2D eigenvalue weighted by Crippen LogP contribution is -2.48. The van der Waals surface area contributed by atoms with Crippen LogP contribution in [0.5, 0.6) is 0 Å². The summed E-state index contributed by atoms with van der Waals surface area (Å²) >= 11 is 0. The van der Waals surface area contributed by atoms with Crippen LogP contribution in [0.3, 0.4) is 0 Å². The molecule has 0 aromatic heterocycles. The molecule has 0 bridgehead atoms. The van der Waals surface area contributed by atoms with Crippen LogP contribution in [0.15, 0.2) is 30.3 Å². The average Bonchev–Trinajstić information content (AvgIpc) is 2.94. The van der Waals surface area contributed by atoms with Crippen molar-refractivity contribution in [1.82, 2.24) is 5.32 Å². The number of amides is 1. The summed E-state index contributed by atoms with van der Waals surface area (Å²) < 4.78 is 0. The number of para-hydroxylation sites is 1. The lowest BCUT2D eigenvalue weighted by molar-refractivity contribution is -0.385. The third-order valence-corrected chi connectivity index (χ3v) is 3.80. The summed E-state index contributed by atoms with van der Waals surface area (Å²) in [5.41, 5.74) is -0.203. The molecule has 0 saturated heterocycles. The van der Waals surface area contributed by atoms with Crippen LogP contribution in [0.4, 0.5) is 5.69 Å². The first kappa shape index (κ1) is 15.2. The standard InChI is InChI=1S/C15H18N2O4/c18-11-15(9-3-4-10-15)16-14(19)8-7-12-5-1-2-6-13(12)17(20)21/h1-2,5-8,18H,3-4,9-11H2,(H,16,19)/b8-7+. The molecule has 2 rings (SSSR count). The molecule has 1 fully saturated rings. The van der Waals surface area contributed by atoms with Crippen molar-refractivity contribution in [2.45, 2.75) is 31.2 Å². The zero-order chi connectivity index (χ0) is 15.3. The van der Waals surface area contributed by atoms with Gasteiger partial charge in [0.1, 0.15) is 0 Å². The van der Waals surface area contributed by atoms with Crippen molar-refractivity contribution in [3.63, 3.8) is 0 Å². The molecule has 0 spiro atoms. The normalized spacial score (nSPS) is 17.0. The van der Waals surface area contributed by atoms with E-state index in [4.69, 9.17) is 0 Å². The third kappa shape index (κ3) is 3.66. The molecule has 6 nitrogen and oxygen atoms in total. The van der Waals surface area contributed by atoms with Gasteiger partial charge in [0.05, 0.1) is 22.6 Å². The maximum atomic E-state index is 11.9. The van der Waals surface area contributed by atoms with Crippen molar-refractivity contribution in [2.75, 3.05) is 6.61 Å². The van der Waals surface area contributed by atoms with Crippen LogP contribution in [0.1, 0.15) is 31.2 Å². The topological polar surface area (TPSA) is 92.5 Å². The summed E-state index contributed by atoms with van der Waals surface area (Å²) in [4.78, 5) is 22.3. The van der Waals surface area contributed by atoms with Crippen molar-refractivity contribution in [3.8, 4) is 0 Å². The van der Waals surface area contributed by atoms with Gasteiger partial charge in [-0.1, -0.05) is 25.0 Å². The van der Waals surface area contributed by atoms with Gasteiger partial charge in [-0.05, 0) is 25.0 Å². The summed E-state index contributed by atoms with van der Waals surface area (Å²) in [5.74, 6) is -0.343. The fourth-order valence-electron chi connectivity index (χ4n) is 2.64. The van der Waals surface area contributed by atoms with Crippen LogP contribution in [-0.2, 0) is 4.79 Å². The monoisotopic (exact) mass is 290 g/mol. The average molecular weight is 290 g/mol. The molecular weight excluding hydrogens is 272 g/mol. The first-order valence-electron chi connectivity index (χ1n) is 6.91. The molecule has 0 radical (unpaired) electrons. The minimum Gasteiger partial charge on any atom is -0.394 e. The third-order valence-electron chi connectivity index (χ3n) is 3.80. The summed E-state index contributed by atoms with van der Waals surface area (Å²) in [6, 6.07) is 6.23. The van der Waals surface area contributed by atoms with Gasteiger partial charge in [-0.25, -0.2) is 0 Å². The molecule has 1 aromatic rings. The van der Waals surface area contributed by atoms with Gasteiger partial charge in [0.25, 0.3) is 5.69 Å². The SMILES string of the molecule is O=C(/C=C/c1ccccc1[N+](=O)[O-])NC1(CO)CCCC1. The molecule has 0 aliphatic heterocycles. The Morgan fingerprint density at radius 3 is 2.67 bits per heavy atom. The van der Waals surface area contributed by atoms with E-state index in [-0.39, 0.29) is 18.2 Å². The van der Waals surface area contributed by atoms with Crippen LogP contribution >= 0.6 is 0 Å². The lowest BCUT2D eigenvalue weighted by atomic mass is 9.99. The van der Waals surface area contributed by atoms with Crippen molar-refractivity contribution in [2.24, 2.45) is 0 Å². The Bertz CT molecular complexity index is 563.